The Hall–Kier alpha value is -5.29. The summed E-state index contributed by atoms with van der Waals surface area (Å²) in [4.78, 5) is 13.8. The molecular weight excluding hydrogens is 723 g/mol. The number of aryl methyl sites for hydroxylation is 2. The lowest BCUT2D eigenvalue weighted by Crippen LogP contribution is -2.12. The zero-order valence-corrected chi connectivity index (χ0v) is 33.6. The fourth-order valence-electron chi connectivity index (χ4n) is 6.68. The maximum absolute atomic E-state index is 13.8. The summed E-state index contributed by atoms with van der Waals surface area (Å²) >= 11 is 1.38. The van der Waals surface area contributed by atoms with Crippen molar-refractivity contribution in [1.29, 1.82) is 0 Å². The first-order valence-electron chi connectivity index (χ1n) is 19.9. The highest BCUT2D eigenvalue weighted by Crippen LogP contribution is 2.41. The Bertz CT molecular complexity index is 2150. The number of aromatic nitrogens is 4. The van der Waals surface area contributed by atoms with Crippen molar-refractivity contribution < 1.29 is 23.8 Å². The summed E-state index contributed by atoms with van der Waals surface area (Å²) in [6.45, 7) is 6.60. The molecule has 0 aliphatic heterocycles. The summed E-state index contributed by atoms with van der Waals surface area (Å²) in [6, 6.07) is 25.9. The molecule has 2 heterocycles. The highest BCUT2D eigenvalue weighted by Gasteiger charge is 2.24. The van der Waals surface area contributed by atoms with Crippen LogP contribution in [0.4, 0.5) is 5.69 Å². The van der Waals surface area contributed by atoms with Crippen LogP contribution < -0.4 is 14.8 Å². The van der Waals surface area contributed by atoms with Gasteiger partial charge in [-0.3, -0.25) is 4.79 Å². The molecular formula is C45H53N5O5S. The topological polar surface area (TPSA) is 125 Å². The molecule has 0 saturated heterocycles. The fourth-order valence-corrected chi connectivity index (χ4v) is 7.56. The molecule has 0 radical (unpaired) electrons. The van der Waals surface area contributed by atoms with Crippen LogP contribution in [0.2, 0.25) is 0 Å². The Morgan fingerprint density at radius 3 is 2.11 bits per heavy atom. The number of phenols is 1. The summed E-state index contributed by atoms with van der Waals surface area (Å²) in [5, 5.41) is 28.8. The highest BCUT2D eigenvalue weighted by atomic mass is 32.2. The maximum atomic E-state index is 13.8. The Morgan fingerprint density at radius 2 is 1.45 bits per heavy atom. The predicted molar refractivity (Wildman–Crippen MR) is 224 cm³/mol. The molecule has 6 aromatic rings. The van der Waals surface area contributed by atoms with Gasteiger partial charge in [-0.15, -0.1) is 10.2 Å². The molecule has 0 spiro atoms. The van der Waals surface area contributed by atoms with Gasteiger partial charge in [-0.1, -0.05) is 132 Å². The summed E-state index contributed by atoms with van der Waals surface area (Å²) < 4.78 is 20.1. The number of phenolic OH excluding ortho intramolecular Hbond substituents is 1. The van der Waals surface area contributed by atoms with Crippen molar-refractivity contribution in [2.75, 3.05) is 11.9 Å². The smallest absolute Gasteiger partial charge is 0.276 e. The fraction of sp³-hybridized carbons (Fsp3) is 0.378. The van der Waals surface area contributed by atoms with Crippen LogP contribution in [0.25, 0.3) is 16.5 Å². The van der Waals surface area contributed by atoms with E-state index in [1.165, 1.54) is 82.4 Å². The van der Waals surface area contributed by atoms with E-state index in [4.69, 9.17) is 19.0 Å². The van der Waals surface area contributed by atoms with Crippen LogP contribution in [0.1, 0.15) is 111 Å². The van der Waals surface area contributed by atoms with Gasteiger partial charge in [0, 0.05) is 34.7 Å². The Morgan fingerprint density at radius 1 is 0.804 bits per heavy atom. The molecule has 294 valence electrons. The summed E-state index contributed by atoms with van der Waals surface area (Å²) in [7, 11) is 0. The zero-order valence-electron chi connectivity index (χ0n) is 32.8. The van der Waals surface area contributed by atoms with Crippen LogP contribution in [0, 0.1) is 13.8 Å². The van der Waals surface area contributed by atoms with Crippen LogP contribution in [-0.4, -0.2) is 37.6 Å². The van der Waals surface area contributed by atoms with Crippen LogP contribution in [0.5, 0.6) is 23.1 Å². The van der Waals surface area contributed by atoms with Crippen molar-refractivity contribution in [2.45, 2.75) is 109 Å². The van der Waals surface area contributed by atoms with Crippen LogP contribution >= 0.6 is 11.8 Å². The second-order valence-corrected chi connectivity index (χ2v) is 15.1. The number of anilines is 1. The molecule has 0 atom stereocenters. The molecule has 0 unspecified atom stereocenters. The number of hydrogen-bond donors (Lipinski definition) is 2. The number of hydrogen-bond acceptors (Lipinski definition) is 9. The Balaban J connectivity index is 1.10. The van der Waals surface area contributed by atoms with Crippen LogP contribution in [-0.2, 0) is 5.75 Å². The molecule has 2 N–H and O–H groups in total. The van der Waals surface area contributed by atoms with Crippen molar-refractivity contribution in [3.8, 4) is 28.8 Å². The normalized spacial score (nSPS) is 11.3. The molecule has 0 aliphatic carbocycles. The van der Waals surface area contributed by atoms with Crippen molar-refractivity contribution in [3.05, 3.63) is 108 Å². The number of fused-ring (bicyclic) bond motifs is 1. The van der Waals surface area contributed by atoms with Gasteiger partial charge in [0.15, 0.2) is 0 Å². The summed E-state index contributed by atoms with van der Waals surface area (Å²) in [5.41, 5.74) is 3.04. The molecule has 2 aromatic heterocycles. The largest absolute Gasteiger partial charge is 0.506 e. The van der Waals surface area contributed by atoms with Gasteiger partial charge in [0.2, 0.25) is 11.8 Å². The number of aromatic hydroxyl groups is 1. The lowest BCUT2D eigenvalue weighted by Gasteiger charge is -2.16. The maximum Gasteiger partial charge on any atom is 0.276 e. The summed E-state index contributed by atoms with van der Waals surface area (Å²) in [6.07, 6.45) is 15.6. The molecule has 56 heavy (non-hydrogen) atoms. The van der Waals surface area contributed by atoms with E-state index in [9.17, 15) is 9.90 Å². The third-order valence-corrected chi connectivity index (χ3v) is 10.6. The first kappa shape index (κ1) is 40.4. The van der Waals surface area contributed by atoms with Gasteiger partial charge in [0.05, 0.1) is 23.6 Å². The average Bonchev–Trinajstić information content (AvgIpc) is 3.78. The highest BCUT2D eigenvalue weighted by molar-refractivity contribution is 7.98. The second kappa shape index (κ2) is 20.6. The minimum Gasteiger partial charge on any atom is -0.506 e. The molecule has 1 amide bonds. The number of ether oxygens (including phenoxy) is 2. The number of rotatable bonds is 22. The SMILES string of the molecule is CCCCCCCCCCCCCCOc1ccc(NC(=O)c2cc(Oc3c(CSc4nnc(C)o4)c(C)nn3-c3ccccc3)c3ccccc3c2O)cc1. The monoisotopic (exact) mass is 775 g/mol. The molecule has 11 heteroatoms. The van der Waals surface area contributed by atoms with Gasteiger partial charge >= 0.3 is 0 Å². The number of nitrogens with one attached hydrogen (secondary N) is 1. The predicted octanol–water partition coefficient (Wildman–Crippen LogP) is 12.1. The summed E-state index contributed by atoms with van der Waals surface area (Å²) in [5.74, 6) is 1.93. The third-order valence-electron chi connectivity index (χ3n) is 9.79. The first-order chi connectivity index (χ1) is 27.4. The first-order valence-corrected chi connectivity index (χ1v) is 20.9. The van der Waals surface area contributed by atoms with E-state index in [2.05, 4.69) is 22.4 Å². The van der Waals surface area contributed by atoms with Crippen molar-refractivity contribution in [3.63, 3.8) is 0 Å². The van der Waals surface area contributed by atoms with Crippen molar-refractivity contribution in [1.82, 2.24) is 20.0 Å². The number of unbranched alkanes of at least 4 members (excludes halogenated alkanes) is 11. The van der Waals surface area contributed by atoms with E-state index in [1.54, 1.807) is 35.9 Å². The van der Waals surface area contributed by atoms with E-state index in [0.29, 0.717) is 51.6 Å². The number of para-hydroxylation sites is 1. The van der Waals surface area contributed by atoms with Crippen molar-refractivity contribution >= 4 is 34.1 Å². The minimum atomic E-state index is -0.474. The van der Waals surface area contributed by atoms with Crippen LogP contribution in [0.3, 0.4) is 0 Å². The van der Waals surface area contributed by atoms with Crippen molar-refractivity contribution in [2.24, 2.45) is 0 Å². The number of carbonyl (C=O) groups excluding carboxylic acids is 1. The molecule has 4 aromatic carbocycles. The Labute approximate surface area is 334 Å². The van der Waals surface area contributed by atoms with E-state index in [0.717, 1.165) is 29.1 Å². The number of benzene rings is 4. The molecule has 0 fully saturated rings. The third kappa shape index (κ3) is 10.9. The van der Waals surface area contributed by atoms with Gasteiger partial charge in [-0.25, -0.2) is 4.68 Å². The van der Waals surface area contributed by atoms with E-state index in [-0.39, 0.29) is 11.3 Å². The standard InChI is InChI=1S/C45H53N5O5S/c1-4-5-6-7-8-9-10-11-12-13-14-20-29-53-36-27-25-34(26-28-36)46-43(52)39-30-41(37-23-18-19-24-38(37)42(39)51)55-44-40(31-56-45-48-47-33(3)54-45)32(2)49-50(44)35-21-16-15-17-22-35/h15-19,21-28,30,51H,4-14,20,29,31H2,1-3H3,(H,46,52). The van der Waals surface area contributed by atoms with Crippen LogP contribution in [0.15, 0.2) is 94.6 Å². The zero-order chi connectivity index (χ0) is 39.1. The Kier molecular flexibility index (Phi) is 14.8. The average molecular weight is 776 g/mol. The second-order valence-electron chi connectivity index (χ2n) is 14.1. The van der Waals surface area contributed by atoms with Gasteiger partial charge in [-0.2, -0.15) is 5.10 Å². The lowest BCUT2D eigenvalue weighted by molar-refractivity contribution is 0.102. The number of nitrogens with zero attached hydrogens (tertiary/aromatic N) is 4. The molecule has 0 bridgehead atoms. The van der Waals surface area contributed by atoms with Gasteiger partial charge < -0.3 is 24.3 Å². The number of thioether (sulfide) groups is 1. The van der Waals surface area contributed by atoms with Gasteiger partial charge in [-0.05, 0) is 55.8 Å². The number of carbonyl (C=O) groups is 1. The van der Waals surface area contributed by atoms with Gasteiger partial charge in [0.25, 0.3) is 11.1 Å². The lowest BCUT2D eigenvalue weighted by atomic mass is 10.0. The number of amides is 1. The van der Waals surface area contributed by atoms with E-state index in [1.807, 2.05) is 67.6 Å². The molecule has 0 saturated carbocycles. The molecule has 6 rings (SSSR count). The minimum absolute atomic E-state index is 0.0748. The van der Waals surface area contributed by atoms with Gasteiger partial charge in [0.1, 0.15) is 17.2 Å². The molecule has 10 nitrogen and oxygen atoms in total. The quantitative estimate of drug-likeness (QED) is 0.0512. The van der Waals surface area contributed by atoms with E-state index < -0.39 is 5.91 Å². The van der Waals surface area contributed by atoms with E-state index >= 15 is 0 Å². The molecule has 0 aliphatic rings.